The van der Waals surface area contributed by atoms with Crippen LogP contribution >= 0.6 is 0 Å². The van der Waals surface area contributed by atoms with Crippen molar-refractivity contribution < 1.29 is 0 Å². The van der Waals surface area contributed by atoms with Gasteiger partial charge in [0.2, 0.25) is 0 Å². The minimum atomic E-state index is 0.220. The molecule has 0 radical (unpaired) electrons. The normalized spacial score (nSPS) is 33.0. The van der Waals surface area contributed by atoms with Crippen molar-refractivity contribution in [3.05, 3.63) is 83.9 Å². The maximum atomic E-state index is 3.82. The standard InChI is InChI=1S/C28H27N/c1-2-7-22(8-3-1)29-26-12-6-10-24-23-9-4-5-11-25(23)28(27(24)26)20-14-18-13-19(16-20)17-21(28)15-18/h1-12,18-21,29H,13-17H2. The number of hydrogen-bond donors (Lipinski definition) is 1. The first-order valence-corrected chi connectivity index (χ1v) is 11.4. The summed E-state index contributed by atoms with van der Waals surface area (Å²) < 4.78 is 0. The summed E-state index contributed by atoms with van der Waals surface area (Å²) in [6.45, 7) is 0. The maximum absolute atomic E-state index is 3.82. The fourth-order valence-corrected chi connectivity index (χ4v) is 7.99. The molecule has 0 saturated heterocycles. The SMILES string of the molecule is c1ccc(Nc2cccc3c2C2(c4ccccc4-3)C3CC4CC(C3)CC2C4)cc1. The summed E-state index contributed by atoms with van der Waals surface area (Å²) in [5, 5.41) is 3.82. The minimum Gasteiger partial charge on any atom is -0.355 e. The van der Waals surface area contributed by atoms with Gasteiger partial charge in [-0.1, -0.05) is 54.6 Å². The van der Waals surface area contributed by atoms with Crippen molar-refractivity contribution in [3.8, 4) is 11.1 Å². The molecule has 3 aromatic carbocycles. The summed E-state index contributed by atoms with van der Waals surface area (Å²) in [5.74, 6) is 3.57. The van der Waals surface area contributed by atoms with Crippen molar-refractivity contribution in [2.24, 2.45) is 23.7 Å². The first kappa shape index (κ1) is 16.3. The molecule has 8 rings (SSSR count). The third kappa shape index (κ3) is 2.06. The maximum Gasteiger partial charge on any atom is 0.0432 e. The summed E-state index contributed by atoms with van der Waals surface area (Å²) in [6, 6.07) is 27.0. The van der Waals surface area contributed by atoms with Gasteiger partial charge in [-0.3, -0.25) is 0 Å². The number of rotatable bonds is 2. The predicted octanol–water partition coefficient (Wildman–Crippen LogP) is 7.15. The molecule has 4 bridgehead atoms. The Morgan fingerprint density at radius 2 is 1.28 bits per heavy atom. The predicted molar refractivity (Wildman–Crippen MR) is 119 cm³/mol. The van der Waals surface area contributed by atoms with Gasteiger partial charge in [-0.15, -0.1) is 0 Å². The largest absolute Gasteiger partial charge is 0.355 e. The van der Waals surface area contributed by atoms with Gasteiger partial charge in [0.25, 0.3) is 0 Å². The average molecular weight is 378 g/mol. The van der Waals surface area contributed by atoms with Gasteiger partial charge < -0.3 is 5.32 Å². The monoisotopic (exact) mass is 377 g/mol. The molecular formula is C28H27N. The van der Waals surface area contributed by atoms with Gasteiger partial charge in [-0.2, -0.15) is 0 Å². The van der Waals surface area contributed by atoms with Crippen LogP contribution in [0.3, 0.4) is 0 Å². The van der Waals surface area contributed by atoms with E-state index in [4.69, 9.17) is 0 Å². The highest BCUT2D eigenvalue weighted by molar-refractivity contribution is 5.88. The average Bonchev–Trinajstić information content (AvgIpc) is 3.05. The second-order valence-corrected chi connectivity index (χ2v) is 9.94. The van der Waals surface area contributed by atoms with Crippen LogP contribution in [0.15, 0.2) is 72.8 Å². The van der Waals surface area contributed by atoms with Crippen LogP contribution in [0.5, 0.6) is 0 Å². The third-order valence-corrected chi connectivity index (χ3v) is 8.62. The van der Waals surface area contributed by atoms with Crippen molar-refractivity contribution in [2.45, 2.75) is 37.5 Å². The Balaban J connectivity index is 1.49. The van der Waals surface area contributed by atoms with Gasteiger partial charge in [0.1, 0.15) is 0 Å². The second-order valence-electron chi connectivity index (χ2n) is 9.94. The first-order valence-electron chi connectivity index (χ1n) is 11.4. The molecule has 1 spiro atoms. The molecule has 0 heterocycles. The Labute approximate surface area is 173 Å². The second kappa shape index (κ2) is 5.75. The van der Waals surface area contributed by atoms with Crippen molar-refractivity contribution >= 4 is 11.4 Å². The molecule has 5 aliphatic carbocycles. The van der Waals surface area contributed by atoms with Gasteiger partial charge >= 0.3 is 0 Å². The summed E-state index contributed by atoms with van der Waals surface area (Å²) in [6.07, 6.45) is 7.23. The highest BCUT2D eigenvalue weighted by atomic mass is 14.9. The van der Waals surface area contributed by atoms with Crippen LogP contribution in [-0.2, 0) is 5.41 Å². The number of benzene rings is 3. The van der Waals surface area contributed by atoms with Crippen LogP contribution in [0.4, 0.5) is 11.4 Å². The summed E-state index contributed by atoms with van der Waals surface area (Å²) in [7, 11) is 0. The molecular weight excluding hydrogens is 350 g/mol. The zero-order chi connectivity index (χ0) is 19.0. The van der Waals surface area contributed by atoms with Crippen LogP contribution in [0.2, 0.25) is 0 Å². The van der Waals surface area contributed by atoms with Crippen LogP contribution in [0.25, 0.3) is 11.1 Å². The molecule has 5 aliphatic rings. The highest BCUT2D eigenvalue weighted by Crippen LogP contribution is 2.70. The van der Waals surface area contributed by atoms with Gasteiger partial charge in [0, 0.05) is 16.8 Å². The van der Waals surface area contributed by atoms with Crippen molar-refractivity contribution in [1.29, 1.82) is 0 Å². The van der Waals surface area contributed by atoms with E-state index in [2.05, 4.69) is 78.1 Å². The van der Waals surface area contributed by atoms with E-state index < -0.39 is 0 Å². The number of hydrogen-bond acceptors (Lipinski definition) is 1. The number of para-hydroxylation sites is 1. The van der Waals surface area contributed by atoms with Gasteiger partial charge in [-0.25, -0.2) is 0 Å². The van der Waals surface area contributed by atoms with Gasteiger partial charge in [0.05, 0.1) is 0 Å². The fraction of sp³-hybridized carbons (Fsp3) is 0.357. The first-order chi connectivity index (χ1) is 14.3. The summed E-state index contributed by atoms with van der Waals surface area (Å²) in [5.41, 5.74) is 8.96. The third-order valence-electron chi connectivity index (χ3n) is 8.62. The van der Waals surface area contributed by atoms with E-state index >= 15 is 0 Å². The summed E-state index contributed by atoms with van der Waals surface area (Å²) in [4.78, 5) is 0. The van der Waals surface area contributed by atoms with E-state index in [9.17, 15) is 0 Å². The number of fused-ring (bicyclic) bond motifs is 3. The van der Waals surface area contributed by atoms with Gasteiger partial charge in [-0.05, 0) is 96.2 Å². The molecule has 0 unspecified atom stereocenters. The molecule has 29 heavy (non-hydrogen) atoms. The molecule has 0 aromatic heterocycles. The molecule has 1 N–H and O–H groups in total. The molecule has 0 atom stereocenters. The Hall–Kier alpha value is -2.54. The van der Waals surface area contributed by atoms with E-state index in [1.54, 1.807) is 11.1 Å². The van der Waals surface area contributed by atoms with E-state index in [0.29, 0.717) is 0 Å². The van der Waals surface area contributed by atoms with Crippen LogP contribution in [0, 0.1) is 23.7 Å². The summed E-state index contributed by atoms with van der Waals surface area (Å²) >= 11 is 0. The van der Waals surface area contributed by atoms with Gasteiger partial charge in [0.15, 0.2) is 0 Å². The fourth-order valence-electron chi connectivity index (χ4n) is 7.99. The zero-order valence-electron chi connectivity index (χ0n) is 16.8. The van der Waals surface area contributed by atoms with E-state index in [1.807, 2.05) is 0 Å². The number of nitrogens with one attached hydrogen (secondary N) is 1. The van der Waals surface area contributed by atoms with Crippen molar-refractivity contribution in [3.63, 3.8) is 0 Å². The number of anilines is 2. The smallest absolute Gasteiger partial charge is 0.0432 e. The Bertz CT molecular complexity index is 1070. The minimum absolute atomic E-state index is 0.220. The Morgan fingerprint density at radius 1 is 0.621 bits per heavy atom. The zero-order valence-corrected chi connectivity index (χ0v) is 16.8. The lowest BCUT2D eigenvalue weighted by Gasteiger charge is -2.61. The highest BCUT2D eigenvalue weighted by Gasteiger charge is 2.62. The molecule has 4 fully saturated rings. The quantitative estimate of drug-likeness (QED) is 0.500. The molecule has 0 amide bonds. The lowest BCUT2D eigenvalue weighted by Crippen LogP contribution is -2.55. The Morgan fingerprint density at radius 3 is 2.03 bits per heavy atom. The van der Waals surface area contributed by atoms with Crippen LogP contribution in [0.1, 0.15) is 43.2 Å². The Kier molecular flexibility index (Phi) is 3.23. The molecule has 4 saturated carbocycles. The van der Waals surface area contributed by atoms with E-state index in [-0.39, 0.29) is 5.41 Å². The van der Waals surface area contributed by atoms with Crippen LogP contribution < -0.4 is 5.32 Å². The molecule has 1 heteroatoms. The molecule has 1 nitrogen and oxygen atoms in total. The van der Waals surface area contributed by atoms with Crippen molar-refractivity contribution in [1.82, 2.24) is 0 Å². The van der Waals surface area contributed by atoms with Crippen molar-refractivity contribution in [2.75, 3.05) is 5.32 Å². The lowest BCUT2D eigenvalue weighted by atomic mass is 9.43. The van der Waals surface area contributed by atoms with E-state index in [1.165, 1.54) is 54.6 Å². The molecule has 0 aliphatic heterocycles. The van der Waals surface area contributed by atoms with E-state index in [0.717, 1.165) is 23.7 Å². The lowest BCUT2D eigenvalue weighted by molar-refractivity contribution is -0.0396. The topological polar surface area (TPSA) is 12.0 Å². The molecule has 3 aromatic rings. The van der Waals surface area contributed by atoms with Crippen LogP contribution in [-0.4, -0.2) is 0 Å². The molecule has 144 valence electrons.